The number of hydrogen-bond donors (Lipinski definition) is 2. The summed E-state index contributed by atoms with van der Waals surface area (Å²) in [7, 11) is 1.36. The fourth-order valence-electron chi connectivity index (χ4n) is 3.86. The molecular formula is C18H37BNO6P. The predicted octanol–water partition coefficient (Wildman–Crippen LogP) is 1.92. The summed E-state index contributed by atoms with van der Waals surface area (Å²) in [6.07, 6.45) is 6.90. The molecule has 0 aromatic rings. The van der Waals surface area contributed by atoms with Gasteiger partial charge in [-0.25, -0.2) is 0 Å². The lowest BCUT2D eigenvalue weighted by molar-refractivity contribution is -0.120. The van der Waals surface area contributed by atoms with Gasteiger partial charge in [-0.1, -0.05) is 32.6 Å². The minimum absolute atomic E-state index is 0.0278. The molecule has 27 heavy (non-hydrogen) atoms. The second-order valence-corrected chi connectivity index (χ2v) is 9.43. The summed E-state index contributed by atoms with van der Waals surface area (Å²) in [6, 6.07) is 0.0521. The van der Waals surface area contributed by atoms with Gasteiger partial charge in [0.1, 0.15) is 7.85 Å². The molecule has 1 rings (SSSR count). The van der Waals surface area contributed by atoms with Crippen LogP contribution in [0.25, 0.3) is 0 Å². The van der Waals surface area contributed by atoms with Crippen LogP contribution in [0.4, 0.5) is 0 Å². The molecular weight excluding hydrogens is 368 g/mol. The number of unbranched alkanes of at least 4 members (excludes halogenated alkanes) is 4. The molecule has 0 bridgehead atoms. The Morgan fingerprint density at radius 2 is 1.85 bits per heavy atom. The Hall–Kier alpha value is -0.395. The number of carbonyl (C=O) groups is 1. The van der Waals surface area contributed by atoms with Gasteiger partial charge in [-0.15, -0.1) is 0 Å². The number of hydrogen-bond acceptors (Lipinski definition) is 5. The van der Waals surface area contributed by atoms with Crippen LogP contribution < -0.4 is 5.32 Å². The summed E-state index contributed by atoms with van der Waals surface area (Å²) in [5, 5.41) is 2.89. The molecule has 0 aromatic carbocycles. The molecule has 0 radical (unpaired) electrons. The van der Waals surface area contributed by atoms with Crippen molar-refractivity contribution in [3.05, 3.63) is 0 Å². The number of nitrogens with one attached hydrogen (secondary N) is 1. The molecule has 2 N–H and O–H groups in total. The van der Waals surface area contributed by atoms with E-state index in [9.17, 15) is 14.3 Å². The maximum Gasteiger partial charge on any atom is 0.328 e. The molecule has 0 aliphatic carbocycles. The van der Waals surface area contributed by atoms with Crippen molar-refractivity contribution in [3.63, 3.8) is 0 Å². The van der Waals surface area contributed by atoms with Gasteiger partial charge in [-0.05, 0) is 18.8 Å². The lowest BCUT2D eigenvalue weighted by Gasteiger charge is -2.25. The lowest BCUT2D eigenvalue weighted by Crippen LogP contribution is -2.28. The Labute approximate surface area is 164 Å². The van der Waals surface area contributed by atoms with Gasteiger partial charge in [-0.2, -0.15) is 0 Å². The van der Waals surface area contributed by atoms with Crippen molar-refractivity contribution in [1.82, 2.24) is 5.32 Å². The molecule has 9 heteroatoms. The molecule has 1 aliphatic heterocycles. The summed E-state index contributed by atoms with van der Waals surface area (Å²) < 4.78 is 28.1. The quantitative estimate of drug-likeness (QED) is 0.261. The normalized spacial score (nSPS) is 27.4. The maximum atomic E-state index is 12.1. The monoisotopic (exact) mass is 405 g/mol. The summed E-state index contributed by atoms with van der Waals surface area (Å²) in [6.45, 7) is 3.04. The minimum atomic E-state index is -3.59. The average molecular weight is 405 g/mol. The van der Waals surface area contributed by atoms with E-state index in [1.165, 1.54) is 7.11 Å². The Morgan fingerprint density at radius 1 is 1.19 bits per heavy atom. The molecule has 0 spiro atoms. The zero-order chi connectivity index (χ0) is 20.3. The smallest absolute Gasteiger partial charge is 0.328 e. The summed E-state index contributed by atoms with van der Waals surface area (Å²) in [4.78, 5) is 21.1. The molecule has 1 heterocycles. The first-order valence-corrected chi connectivity index (χ1v) is 11.9. The van der Waals surface area contributed by atoms with Gasteiger partial charge >= 0.3 is 7.60 Å². The van der Waals surface area contributed by atoms with Crippen LogP contribution in [-0.4, -0.2) is 64.3 Å². The fraction of sp³-hybridized carbons (Fsp3) is 0.944. The number of amides is 1. The summed E-state index contributed by atoms with van der Waals surface area (Å²) in [5.41, 5.74) is 0. The van der Waals surface area contributed by atoms with Crippen LogP contribution in [0.1, 0.15) is 51.9 Å². The van der Waals surface area contributed by atoms with E-state index in [1.54, 1.807) is 7.11 Å². The SMILES string of the molecule is B[C@@H]1O[C@H](COC)C(CP(=O)(O)OC)[C@@H]1CCCCCCCNC(=O)CC. The molecule has 2 unspecified atom stereocenters. The second-order valence-electron chi connectivity index (χ2n) is 7.43. The standard InChI is InChI=1S/C18H37BNO6P/c1-4-17(21)20-11-9-7-5-6-8-10-14-15(13-27(22,23)25-3)16(12-24-2)26-18(14)19/h14-16,18H,4-13,19H2,1-3H3,(H,20,21)(H,22,23)/t14-,15?,16+,18+/m0/s1. The van der Waals surface area contributed by atoms with Gasteiger partial charge in [0.2, 0.25) is 5.91 Å². The van der Waals surface area contributed by atoms with Crippen molar-refractivity contribution < 1.29 is 28.3 Å². The Balaban J connectivity index is 2.37. The van der Waals surface area contributed by atoms with Gasteiger partial charge in [0.15, 0.2) is 0 Å². The van der Waals surface area contributed by atoms with Gasteiger partial charge in [0.25, 0.3) is 0 Å². The highest BCUT2D eigenvalue weighted by molar-refractivity contribution is 7.52. The number of carbonyl (C=O) groups excluding carboxylic acids is 1. The lowest BCUT2D eigenvalue weighted by atomic mass is 9.77. The van der Waals surface area contributed by atoms with Crippen molar-refractivity contribution in [2.75, 3.05) is 33.5 Å². The highest BCUT2D eigenvalue weighted by Gasteiger charge is 2.44. The average Bonchev–Trinajstić information content (AvgIpc) is 2.91. The third-order valence-corrected chi connectivity index (χ3v) is 6.89. The van der Waals surface area contributed by atoms with E-state index in [0.29, 0.717) is 13.0 Å². The minimum Gasteiger partial charge on any atom is -0.382 e. The number of ether oxygens (including phenoxy) is 2. The zero-order valence-corrected chi connectivity index (χ0v) is 18.2. The molecule has 1 saturated heterocycles. The number of rotatable bonds is 14. The first-order valence-electron chi connectivity index (χ1n) is 10.1. The van der Waals surface area contributed by atoms with E-state index in [-0.39, 0.29) is 36.0 Å². The largest absolute Gasteiger partial charge is 0.382 e. The molecule has 0 saturated carbocycles. The van der Waals surface area contributed by atoms with Crippen LogP contribution in [0.5, 0.6) is 0 Å². The maximum absolute atomic E-state index is 12.1. The van der Waals surface area contributed by atoms with Crippen molar-refractivity contribution in [2.24, 2.45) is 11.8 Å². The third-order valence-electron chi connectivity index (χ3n) is 5.44. The van der Waals surface area contributed by atoms with E-state index in [4.69, 9.17) is 14.0 Å². The van der Waals surface area contributed by atoms with E-state index in [1.807, 2.05) is 14.8 Å². The topological polar surface area (TPSA) is 94.1 Å². The molecule has 1 amide bonds. The third kappa shape index (κ3) is 9.10. The zero-order valence-electron chi connectivity index (χ0n) is 17.3. The van der Waals surface area contributed by atoms with Crippen molar-refractivity contribution in [3.8, 4) is 0 Å². The Kier molecular flexibility index (Phi) is 11.8. The van der Waals surface area contributed by atoms with E-state index >= 15 is 0 Å². The molecule has 1 fully saturated rings. The van der Waals surface area contributed by atoms with E-state index in [2.05, 4.69) is 5.32 Å². The van der Waals surface area contributed by atoms with Crippen molar-refractivity contribution in [2.45, 2.75) is 64.0 Å². The molecule has 1 aliphatic rings. The Bertz CT molecular complexity index is 481. The molecule has 0 aromatic heterocycles. The van der Waals surface area contributed by atoms with Crippen LogP contribution in [0.15, 0.2) is 0 Å². The van der Waals surface area contributed by atoms with Crippen LogP contribution >= 0.6 is 7.60 Å². The molecule has 5 atom stereocenters. The van der Waals surface area contributed by atoms with Crippen LogP contribution in [0.3, 0.4) is 0 Å². The highest BCUT2D eigenvalue weighted by atomic mass is 31.2. The highest BCUT2D eigenvalue weighted by Crippen LogP contribution is 2.48. The predicted molar refractivity (Wildman–Crippen MR) is 109 cm³/mol. The van der Waals surface area contributed by atoms with Gasteiger partial charge in [-0.3, -0.25) is 9.36 Å². The second kappa shape index (κ2) is 12.9. The van der Waals surface area contributed by atoms with Crippen molar-refractivity contribution >= 4 is 21.3 Å². The Morgan fingerprint density at radius 3 is 2.48 bits per heavy atom. The first-order chi connectivity index (χ1) is 12.8. The van der Waals surface area contributed by atoms with Crippen LogP contribution in [0.2, 0.25) is 0 Å². The van der Waals surface area contributed by atoms with E-state index in [0.717, 1.165) is 45.1 Å². The van der Waals surface area contributed by atoms with Crippen LogP contribution in [0, 0.1) is 11.8 Å². The fourth-order valence-corrected chi connectivity index (χ4v) is 5.05. The molecule has 7 nitrogen and oxygen atoms in total. The first kappa shape index (κ1) is 24.6. The van der Waals surface area contributed by atoms with E-state index < -0.39 is 7.60 Å². The van der Waals surface area contributed by atoms with Gasteiger partial charge < -0.3 is 24.2 Å². The van der Waals surface area contributed by atoms with Gasteiger partial charge in [0, 0.05) is 39.1 Å². The number of methoxy groups -OCH3 is 1. The van der Waals surface area contributed by atoms with Crippen LogP contribution in [-0.2, 0) is 23.4 Å². The molecule has 158 valence electrons. The summed E-state index contributed by atoms with van der Waals surface area (Å²) in [5.74, 6) is 0.323. The van der Waals surface area contributed by atoms with Gasteiger partial charge in [0.05, 0.1) is 18.9 Å². The summed E-state index contributed by atoms with van der Waals surface area (Å²) >= 11 is 0. The van der Waals surface area contributed by atoms with Crippen molar-refractivity contribution in [1.29, 1.82) is 0 Å².